The first-order chi connectivity index (χ1) is 7.66. The second kappa shape index (κ2) is 4.18. The second-order valence-electron chi connectivity index (χ2n) is 3.64. The fraction of sp³-hybridized carbons (Fsp3) is 0.300. The van der Waals surface area contributed by atoms with Gasteiger partial charge in [-0.2, -0.15) is 0 Å². The van der Waals surface area contributed by atoms with Crippen LogP contribution in [0.1, 0.15) is 18.8 Å². The Morgan fingerprint density at radius 1 is 1.50 bits per heavy atom. The number of nitrogens with two attached hydrogens (primary N) is 1. The van der Waals surface area contributed by atoms with Crippen molar-refractivity contribution in [3.63, 3.8) is 0 Å². The van der Waals surface area contributed by atoms with E-state index in [2.05, 4.69) is 20.5 Å². The van der Waals surface area contributed by atoms with Gasteiger partial charge in [0.05, 0.1) is 6.04 Å². The summed E-state index contributed by atoms with van der Waals surface area (Å²) in [6.45, 7) is 2.01. The van der Waals surface area contributed by atoms with Gasteiger partial charge in [0.25, 0.3) is 0 Å². The zero-order valence-corrected chi connectivity index (χ0v) is 9.25. The molecule has 2 aromatic heterocycles. The van der Waals surface area contributed by atoms with Crippen LogP contribution in [0, 0.1) is 0 Å². The molecule has 0 saturated heterocycles. The Bertz CT molecular complexity index is 478. The van der Waals surface area contributed by atoms with Crippen molar-refractivity contribution >= 4 is 11.5 Å². The highest BCUT2D eigenvalue weighted by molar-refractivity contribution is 5.50. The summed E-state index contributed by atoms with van der Waals surface area (Å²) in [7, 11) is 1.91. The molecule has 2 heterocycles. The van der Waals surface area contributed by atoms with Gasteiger partial charge in [0.2, 0.25) is 0 Å². The molecule has 0 aromatic carbocycles. The molecule has 2 aromatic rings. The van der Waals surface area contributed by atoms with E-state index in [0.29, 0.717) is 5.82 Å². The molecule has 16 heavy (non-hydrogen) atoms. The van der Waals surface area contributed by atoms with E-state index < -0.39 is 0 Å². The van der Waals surface area contributed by atoms with Crippen LogP contribution in [-0.4, -0.2) is 19.7 Å². The van der Waals surface area contributed by atoms with Crippen LogP contribution in [0.25, 0.3) is 0 Å². The molecule has 0 fully saturated rings. The Hall–Kier alpha value is -2.11. The van der Waals surface area contributed by atoms with Crippen molar-refractivity contribution in [1.29, 1.82) is 0 Å². The first-order valence-electron chi connectivity index (χ1n) is 4.99. The van der Waals surface area contributed by atoms with Gasteiger partial charge in [0, 0.05) is 25.0 Å². The predicted octanol–water partition coefficient (Wildman–Crippen LogP) is 0.965. The van der Waals surface area contributed by atoms with Crippen LogP contribution in [-0.2, 0) is 7.05 Å². The molecule has 84 valence electrons. The first-order valence-corrected chi connectivity index (χ1v) is 4.99. The smallest absolute Gasteiger partial charge is 0.154 e. The van der Waals surface area contributed by atoms with Gasteiger partial charge in [-0.15, -0.1) is 10.2 Å². The summed E-state index contributed by atoms with van der Waals surface area (Å²) in [5.41, 5.74) is 6.52. The Morgan fingerprint density at radius 2 is 2.31 bits per heavy atom. The molecular weight excluding hydrogens is 204 g/mol. The molecule has 3 N–H and O–H groups in total. The monoisotopic (exact) mass is 218 g/mol. The maximum Gasteiger partial charge on any atom is 0.154 e. The van der Waals surface area contributed by atoms with Crippen LogP contribution in [0.15, 0.2) is 24.7 Å². The zero-order valence-electron chi connectivity index (χ0n) is 9.25. The molecule has 0 aliphatic carbocycles. The van der Waals surface area contributed by atoms with Crippen molar-refractivity contribution in [3.05, 3.63) is 30.5 Å². The molecule has 1 atom stereocenters. The molecule has 0 aliphatic heterocycles. The van der Waals surface area contributed by atoms with Gasteiger partial charge in [0.1, 0.15) is 12.1 Å². The van der Waals surface area contributed by atoms with Crippen LogP contribution in [0.5, 0.6) is 0 Å². The average molecular weight is 218 g/mol. The molecule has 0 amide bonds. The highest BCUT2D eigenvalue weighted by Crippen LogP contribution is 2.17. The SMILES string of the molecule is CC(Nc1ccnc(N)c1)c1nncn1C. The van der Waals surface area contributed by atoms with Crippen LogP contribution < -0.4 is 11.1 Å². The average Bonchev–Trinajstić information content (AvgIpc) is 2.64. The van der Waals surface area contributed by atoms with E-state index in [4.69, 9.17) is 5.73 Å². The fourth-order valence-electron chi connectivity index (χ4n) is 1.54. The van der Waals surface area contributed by atoms with Crippen molar-refractivity contribution in [1.82, 2.24) is 19.7 Å². The van der Waals surface area contributed by atoms with Gasteiger partial charge in [0.15, 0.2) is 5.82 Å². The lowest BCUT2D eigenvalue weighted by atomic mass is 10.3. The second-order valence-corrected chi connectivity index (χ2v) is 3.64. The number of nitrogen functional groups attached to an aromatic ring is 1. The van der Waals surface area contributed by atoms with Gasteiger partial charge in [-0.25, -0.2) is 4.98 Å². The number of aryl methyl sites for hydroxylation is 1. The van der Waals surface area contributed by atoms with Gasteiger partial charge in [-0.05, 0) is 13.0 Å². The molecule has 0 saturated carbocycles. The Balaban J connectivity index is 2.14. The minimum atomic E-state index is 0.0642. The predicted molar refractivity (Wildman–Crippen MR) is 61.7 cm³/mol. The van der Waals surface area contributed by atoms with Crippen molar-refractivity contribution < 1.29 is 0 Å². The van der Waals surface area contributed by atoms with E-state index in [9.17, 15) is 0 Å². The topological polar surface area (TPSA) is 81.7 Å². The van der Waals surface area contributed by atoms with E-state index in [-0.39, 0.29) is 6.04 Å². The number of rotatable bonds is 3. The maximum absolute atomic E-state index is 5.60. The number of hydrogen-bond acceptors (Lipinski definition) is 5. The summed E-state index contributed by atoms with van der Waals surface area (Å²) in [5.74, 6) is 1.37. The maximum atomic E-state index is 5.60. The standard InChI is InChI=1S/C10H14N6/c1-7(10-15-13-6-16(10)2)14-8-3-4-12-9(11)5-8/h3-7H,1-2H3,(H3,11,12,14). The van der Waals surface area contributed by atoms with Crippen LogP contribution in [0.2, 0.25) is 0 Å². The number of nitrogens with zero attached hydrogens (tertiary/aromatic N) is 4. The normalized spacial score (nSPS) is 12.4. The van der Waals surface area contributed by atoms with E-state index in [0.717, 1.165) is 11.5 Å². The molecule has 6 heteroatoms. The van der Waals surface area contributed by atoms with Crippen LogP contribution in [0.4, 0.5) is 11.5 Å². The first kappa shape index (κ1) is 10.4. The molecule has 0 bridgehead atoms. The number of anilines is 2. The van der Waals surface area contributed by atoms with E-state index >= 15 is 0 Å². The van der Waals surface area contributed by atoms with Gasteiger partial charge in [-0.3, -0.25) is 0 Å². The number of hydrogen-bond donors (Lipinski definition) is 2. The van der Waals surface area contributed by atoms with Crippen molar-refractivity contribution in [2.45, 2.75) is 13.0 Å². The summed E-state index contributed by atoms with van der Waals surface area (Å²) in [4.78, 5) is 3.93. The lowest BCUT2D eigenvalue weighted by molar-refractivity contribution is 0.719. The number of pyridine rings is 1. The number of aromatic nitrogens is 4. The summed E-state index contributed by atoms with van der Waals surface area (Å²) in [6.07, 6.45) is 3.34. The number of nitrogens with one attached hydrogen (secondary N) is 1. The Kier molecular flexibility index (Phi) is 2.72. The van der Waals surface area contributed by atoms with E-state index in [1.165, 1.54) is 0 Å². The van der Waals surface area contributed by atoms with E-state index in [1.54, 1.807) is 18.6 Å². The molecular formula is C10H14N6. The fourth-order valence-corrected chi connectivity index (χ4v) is 1.54. The Labute approximate surface area is 93.5 Å². The molecule has 0 spiro atoms. The summed E-state index contributed by atoms with van der Waals surface area (Å²) >= 11 is 0. The third kappa shape index (κ3) is 2.10. The minimum absolute atomic E-state index is 0.0642. The highest BCUT2D eigenvalue weighted by atomic mass is 15.3. The lowest BCUT2D eigenvalue weighted by Crippen LogP contribution is -2.12. The molecule has 1 unspecified atom stereocenters. The molecule has 0 aliphatic rings. The summed E-state index contributed by atoms with van der Waals surface area (Å²) in [6, 6.07) is 3.71. The summed E-state index contributed by atoms with van der Waals surface area (Å²) < 4.78 is 1.88. The van der Waals surface area contributed by atoms with Gasteiger partial charge >= 0.3 is 0 Å². The molecule has 6 nitrogen and oxygen atoms in total. The summed E-state index contributed by atoms with van der Waals surface area (Å²) in [5, 5.41) is 11.2. The zero-order chi connectivity index (χ0) is 11.5. The van der Waals surface area contributed by atoms with Crippen molar-refractivity contribution in [3.8, 4) is 0 Å². The minimum Gasteiger partial charge on any atom is -0.384 e. The third-order valence-electron chi connectivity index (χ3n) is 2.30. The van der Waals surface area contributed by atoms with Crippen LogP contribution >= 0.6 is 0 Å². The van der Waals surface area contributed by atoms with Gasteiger partial charge in [-0.1, -0.05) is 0 Å². The van der Waals surface area contributed by atoms with E-state index in [1.807, 2.05) is 24.6 Å². The Morgan fingerprint density at radius 3 is 2.94 bits per heavy atom. The molecule has 0 radical (unpaired) electrons. The quantitative estimate of drug-likeness (QED) is 0.802. The largest absolute Gasteiger partial charge is 0.384 e. The van der Waals surface area contributed by atoms with Crippen molar-refractivity contribution in [2.24, 2.45) is 7.05 Å². The lowest BCUT2D eigenvalue weighted by Gasteiger charge is -2.14. The third-order valence-corrected chi connectivity index (χ3v) is 2.30. The van der Waals surface area contributed by atoms with Gasteiger partial charge < -0.3 is 15.6 Å². The van der Waals surface area contributed by atoms with Crippen LogP contribution in [0.3, 0.4) is 0 Å². The highest BCUT2D eigenvalue weighted by Gasteiger charge is 2.10. The van der Waals surface area contributed by atoms with Crippen molar-refractivity contribution in [2.75, 3.05) is 11.1 Å². The molecule has 2 rings (SSSR count).